The predicted octanol–water partition coefficient (Wildman–Crippen LogP) is 5.40. The summed E-state index contributed by atoms with van der Waals surface area (Å²) in [5.41, 5.74) is 2.49. The van der Waals surface area contributed by atoms with Gasteiger partial charge in [-0.1, -0.05) is 48.0 Å². The minimum absolute atomic E-state index is 0.0154. The number of nitrogens with one attached hydrogen (secondary N) is 1. The average Bonchev–Trinajstić information content (AvgIpc) is 2.78. The number of esters is 1. The van der Waals surface area contributed by atoms with Gasteiger partial charge in [0.2, 0.25) is 0 Å². The van der Waals surface area contributed by atoms with Crippen LogP contribution in [0, 0.1) is 6.92 Å². The average molecular weight is 440 g/mol. The summed E-state index contributed by atoms with van der Waals surface area (Å²) in [6.07, 6.45) is -0.239. The Morgan fingerprint density at radius 3 is 2.45 bits per heavy atom. The molecule has 0 aliphatic rings. The van der Waals surface area contributed by atoms with Crippen molar-refractivity contribution >= 4 is 41.2 Å². The lowest BCUT2D eigenvalue weighted by Crippen LogP contribution is -2.18. The molecule has 3 aromatic rings. The molecule has 6 nitrogen and oxygen atoms in total. The maximum atomic E-state index is 12.6. The number of benzene rings is 3. The van der Waals surface area contributed by atoms with Crippen molar-refractivity contribution in [1.29, 1.82) is 0 Å². The number of hydrogen-bond donors (Lipinski definition) is 3. The maximum absolute atomic E-state index is 12.6. The van der Waals surface area contributed by atoms with Crippen LogP contribution in [-0.2, 0) is 14.3 Å². The molecule has 0 aromatic heterocycles. The minimum Gasteiger partial charge on any atom is -0.507 e. The standard InChI is InChI=1S/C24H25NO5S/c1-16-8-10-17(11-9-16)25-24(28)30-22(7-4-14-29-23(27)15-31)20-12-13-21(26)19-6-3-2-5-18(19)20/h2-3,5-6,8-13,22,26,31H,4,7,14-15H2,1H3,(H,25,28)/t22-/m0/s1. The van der Waals surface area contributed by atoms with Crippen molar-refractivity contribution in [1.82, 2.24) is 0 Å². The molecule has 3 aromatic carbocycles. The number of thiol groups is 1. The van der Waals surface area contributed by atoms with Crippen LogP contribution in [0.25, 0.3) is 10.8 Å². The van der Waals surface area contributed by atoms with Crippen LogP contribution in [0.4, 0.5) is 10.5 Å². The summed E-state index contributed by atoms with van der Waals surface area (Å²) in [5, 5.41) is 14.4. The van der Waals surface area contributed by atoms with E-state index < -0.39 is 18.2 Å². The van der Waals surface area contributed by atoms with Crippen LogP contribution < -0.4 is 5.32 Å². The zero-order chi connectivity index (χ0) is 22.2. The number of ether oxygens (including phenoxy) is 2. The van der Waals surface area contributed by atoms with Crippen molar-refractivity contribution in [3.63, 3.8) is 0 Å². The van der Waals surface area contributed by atoms with Gasteiger partial charge in [0.1, 0.15) is 11.9 Å². The predicted molar refractivity (Wildman–Crippen MR) is 124 cm³/mol. The summed E-state index contributed by atoms with van der Waals surface area (Å²) in [5.74, 6) is -0.223. The molecule has 0 saturated heterocycles. The van der Waals surface area contributed by atoms with Crippen LogP contribution in [0.3, 0.4) is 0 Å². The van der Waals surface area contributed by atoms with Gasteiger partial charge in [-0.15, -0.1) is 0 Å². The third-order valence-electron chi connectivity index (χ3n) is 4.83. The number of anilines is 1. The second kappa shape index (κ2) is 10.7. The summed E-state index contributed by atoms with van der Waals surface area (Å²) >= 11 is 3.89. The molecule has 0 saturated carbocycles. The van der Waals surface area contributed by atoms with Gasteiger partial charge in [-0.05, 0) is 43.4 Å². The summed E-state index contributed by atoms with van der Waals surface area (Å²) in [6.45, 7) is 2.17. The van der Waals surface area contributed by atoms with E-state index in [4.69, 9.17) is 9.47 Å². The first-order chi connectivity index (χ1) is 15.0. The summed E-state index contributed by atoms with van der Waals surface area (Å²) in [6, 6.07) is 18.1. The van der Waals surface area contributed by atoms with Crippen molar-refractivity contribution < 1.29 is 24.2 Å². The van der Waals surface area contributed by atoms with Crippen LogP contribution in [0.15, 0.2) is 60.7 Å². The molecule has 0 fully saturated rings. The molecule has 0 aliphatic heterocycles. The van der Waals surface area contributed by atoms with Crippen LogP contribution in [0.5, 0.6) is 5.75 Å². The van der Waals surface area contributed by atoms with Gasteiger partial charge in [0, 0.05) is 16.6 Å². The van der Waals surface area contributed by atoms with E-state index in [9.17, 15) is 14.7 Å². The highest BCUT2D eigenvalue weighted by Gasteiger charge is 2.20. The molecule has 0 bridgehead atoms. The molecule has 2 N–H and O–H groups in total. The van der Waals surface area contributed by atoms with Crippen LogP contribution in [0.1, 0.15) is 30.1 Å². The van der Waals surface area contributed by atoms with Crippen LogP contribution in [-0.4, -0.2) is 29.5 Å². The number of hydrogen-bond acceptors (Lipinski definition) is 6. The molecule has 1 amide bonds. The van der Waals surface area contributed by atoms with Gasteiger partial charge in [-0.25, -0.2) is 4.79 Å². The second-order valence-corrected chi connectivity index (χ2v) is 7.44. The van der Waals surface area contributed by atoms with Gasteiger partial charge in [0.05, 0.1) is 12.4 Å². The Hall–Kier alpha value is -3.19. The number of carbonyl (C=O) groups excluding carboxylic acids is 2. The van der Waals surface area contributed by atoms with Crippen molar-refractivity contribution in [3.05, 3.63) is 71.8 Å². The fraction of sp³-hybridized carbons (Fsp3) is 0.250. The number of amides is 1. The molecule has 7 heteroatoms. The van der Waals surface area contributed by atoms with E-state index in [1.54, 1.807) is 24.3 Å². The highest BCUT2D eigenvalue weighted by molar-refractivity contribution is 7.81. The summed E-state index contributed by atoms with van der Waals surface area (Å²) < 4.78 is 10.8. The molecule has 0 radical (unpaired) electrons. The maximum Gasteiger partial charge on any atom is 0.412 e. The van der Waals surface area contributed by atoms with Crippen molar-refractivity contribution in [2.75, 3.05) is 17.7 Å². The van der Waals surface area contributed by atoms with E-state index in [-0.39, 0.29) is 18.1 Å². The molecular weight excluding hydrogens is 414 g/mol. The number of rotatable bonds is 8. The number of carbonyl (C=O) groups is 2. The van der Waals surface area contributed by atoms with E-state index in [2.05, 4.69) is 17.9 Å². The lowest BCUT2D eigenvalue weighted by Gasteiger charge is -2.21. The molecule has 0 heterocycles. The number of aryl methyl sites for hydroxylation is 1. The van der Waals surface area contributed by atoms with E-state index in [1.807, 2.05) is 43.3 Å². The Morgan fingerprint density at radius 2 is 1.74 bits per heavy atom. The first kappa shape index (κ1) is 22.5. The lowest BCUT2D eigenvalue weighted by atomic mass is 9.97. The normalized spacial score (nSPS) is 11.7. The number of phenolic OH excluding ortho intramolecular Hbond substituents is 1. The molecule has 0 unspecified atom stereocenters. The van der Waals surface area contributed by atoms with Crippen LogP contribution in [0.2, 0.25) is 0 Å². The lowest BCUT2D eigenvalue weighted by molar-refractivity contribution is -0.140. The van der Waals surface area contributed by atoms with Crippen LogP contribution >= 0.6 is 12.6 Å². The van der Waals surface area contributed by atoms with Gasteiger partial charge < -0.3 is 14.6 Å². The monoisotopic (exact) mass is 439 g/mol. The van der Waals surface area contributed by atoms with Gasteiger partial charge in [0.25, 0.3) is 0 Å². The second-order valence-electron chi connectivity index (χ2n) is 7.13. The first-order valence-corrected chi connectivity index (χ1v) is 10.6. The van der Waals surface area contributed by atoms with Gasteiger partial charge in [-0.2, -0.15) is 12.6 Å². The fourth-order valence-corrected chi connectivity index (χ4v) is 3.37. The Balaban J connectivity index is 1.79. The van der Waals surface area contributed by atoms with Gasteiger partial charge in [-0.3, -0.25) is 10.1 Å². The minimum atomic E-state index is -0.592. The van der Waals surface area contributed by atoms with Crippen molar-refractivity contribution in [3.8, 4) is 5.75 Å². The van der Waals surface area contributed by atoms with Gasteiger partial charge >= 0.3 is 12.1 Å². The first-order valence-electron chi connectivity index (χ1n) is 9.99. The van der Waals surface area contributed by atoms with Gasteiger partial charge in [0.15, 0.2) is 0 Å². The molecular formula is C24H25NO5S. The summed E-state index contributed by atoms with van der Waals surface area (Å²) in [4.78, 5) is 23.9. The molecule has 162 valence electrons. The Bertz CT molecular complexity index is 1050. The highest BCUT2D eigenvalue weighted by atomic mass is 32.1. The number of fused-ring (bicyclic) bond motifs is 1. The van der Waals surface area contributed by atoms with E-state index in [0.29, 0.717) is 23.9 Å². The zero-order valence-electron chi connectivity index (χ0n) is 17.2. The highest BCUT2D eigenvalue weighted by Crippen LogP contribution is 2.34. The number of phenols is 1. The Morgan fingerprint density at radius 1 is 1.03 bits per heavy atom. The Labute approximate surface area is 186 Å². The fourth-order valence-electron chi connectivity index (χ4n) is 3.28. The molecule has 3 rings (SSSR count). The smallest absolute Gasteiger partial charge is 0.412 e. The third-order valence-corrected chi connectivity index (χ3v) is 5.09. The molecule has 0 aliphatic carbocycles. The topological polar surface area (TPSA) is 84.9 Å². The molecule has 0 spiro atoms. The van der Waals surface area contributed by atoms with E-state index in [1.165, 1.54) is 0 Å². The largest absolute Gasteiger partial charge is 0.507 e. The van der Waals surface area contributed by atoms with E-state index >= 15 is 0 Å². The van der Waals surface area contributed by atoms with E-state index in [0.717, 1.165) is 16.5 Å². The Kier molecular flexibility index (Phi) is 7.78. The summed E-state index contributed by atoms with van der Waals surface area (Å²) in [7, 11) is 0. The molecule has 31 heavy (non-hydrogen) atoms. The SMILES string of the molecule is Cc1ccc(NC(=O)O[C@@H](CCCOC(=O)CS)c2ccc(O)c3ccccc23)cc1. The number of aromatic hydroxyl groups is 1. The third kappa shape index (κ3) is 6.15. The van der Waals surface area contributed by atoms with Crippen molar-refractivity contribution in [2.45, 2.75) is 25.9 Å². The quantitative estimate of drug-likeness (QED) is 0.249. The zero-order valence-corrected chi connectivity index (χ0v) is 18.1. The molecule has 1 atom stereocenters. The van der Waals surface area contributed by atoms with Crippen molar-refractivity contribution in [2.24, 2.45) is 0 Å².